The van der Waals surface area contributed by atoms with Gasteiger partial charge in [0, 0.05) is 25.2 Å². The molecule has 1 fully saturated rings. The van der Waals surface area contributed by atoms with E-state index in [4.69, 9.17) is 12.2 Å². The largest absolute Gasteiger partial charge is 0.350 e. The summed E-state index contributed by atoms with van der Waals surface area (Å²) >= 11 is 6.88. The van der Waals surface area contributed by atoms with Gasteiger partial charge in [-0.05, 0) is 54.7 Å². The number of aromatic amines is 1. The average molecular weight is 428 g/mol. The van der Waals surface area contributed by atoms with Gasteiger partial charge >= 0.3 is 0 Å². The number of nitrogens with zero attached hydrogens (tertiary/aromatic N) is 3. The summed E-state index contributed by atoms with van der Waals surface area (Å²) in [5.74, 6) is 0.653. The molecule has 1 saturated heterocycles. The highest BCUT2D eigenvalue weighted by atomic mass is 32.1. The van der Waals surface area contributed by atoms with Crippen LogP contribution >= 0.6 is 23.6 Å². The second-order valence-electron chi connectivity index (χ2n) is 6.91. The van der Waals surface area contributed by atoms with Gasteiger partial charge < -0.3 is 10.2 Å². The van der Waals surface area contributed by atoms with Crippen LogP contribution in [0, 0.1) is 4.77 Å². The van der Waals surface area contributed by atoms with Crippen LogP contribution in [0.1, 0.15) is 31.4 Å². The van der Waals surface area contributed by atoms with Crippen molar-refractivity contribution in [2.75, 3.05) is 11.4 Å². The van der Waals surface area contributed by atoms with Crippen LogP contribution in [-0.2, 0) is 16.1 Å². The standard InChI is InChI=1S/C20H21N5O2S2/c1-13(25-18(22-23-20(25)28)16-7-4-10-29-16)19(27)21-12-14-5-2-6-15(11-14)24-9-3-8-17(24)26/h2,4-7,10-11,13H,3,8-9,12H2,1H3,(H,21,27)(H,23,28). The number of thiophene rings is 1. The SMILES string of the molecule is CC(C(=O)NCc1cccc(N2CCCC2=O)c1)n1c(-c2cccs2)n[nH]c1=S. The Labute approximate surface area is 177 Å². The van der Waals surface area contributed by atoms with Crippen LogP contribution in [0.3, 0.4) is 0 Å². The van der Waals surface area contributed by atoms with E-state index < -0.39 is 6.04 Å². The van der Waals surface area contributed by atoms with Crippen molar-refractivity contribution in [3.8, 4) is 10.7 Å². The number of anilines is 1. The molecule has 29 heavy (non-hydrogen) atoms. The molecule has 3 aromatic rings. The van der Waals surface area contributed by atoms with Crippen LogP contribution < -0.4 is 10.2 Å². The van der Waals surface area contributed by atoms with Gasteiger partial charge in [0.15, 0.2) is 10.6 Å². The van der Waals surface area contributed by atoms with Crippen molar-refractivity contribution in [2.45, 2.75) is 32.4 Å². The van der Waals surface area contributed by atoms with Gasteiger partial charge in [-0.15, -0.1) is 11.3 Å². The van der Waals surface area contributed by atoms with Crippen molar-refractivity contribution in [1.29, 1.82) is 0 Å². The number of carbonyl (C=O) groups is 2. The summed E-state index contributed by atoms with van der Waals surface area (Å²) in [5.41, 5.74) is 1.82. The van der Waals surface area contributed by atoms with Crippen LogP contribution in [0.25, 0.3) is 10.7 Å². The summed E-state index contributed by atoms with van der Waals surface area (Å²) in [6.45, 7) is 2.92. The number of aromatic nitrogens is 3. The Hall–Kier alpha value is -2.78. The topological polar surface area (TPSA) is 83.0 Å². The van der Waals surface area contributed by atoms with Gasteiger partial charge in [0.25, 0.3) is 0 Å². The fourth-order valence-electron chi connectivity index (χ4n) is 3.45. The van der Waals surface area contributed by atoms with E-state index in [2.05, 4.69) is 15.5 Å². The molecule has 2 N–H and O–H groups in total. The first-order valence-corrected chi connectivity index (χ1v) is 10.7. The number of hydrogen-bond donors (Lipinski definition) is 2. The van der Waals surface area contributed by atoms with Crippen molar-refractivity contribution in [1.82, 2.24) is 20.1 Å². The molecular weight excluding hydrogens is 406 g/mol. The molecule has 1 unspecified atom stereocenters. The molecule has 2 aromatic heterocycles. The van der Waals surface area contributed by atoms with Crippen molar-refractivity contribution >= 4 is 41.1 Å². The number of nitrogens with one attached hydrogen (secondary N) is 2. The molecule has 0 bridgehead atoms. The maximum absolute atomic E-state index is 12.8. The normalized spacial score (nSPS) is 14.9. The minimum atomic E-state index is -0.512. The number of benzene rings is 1. The smallest absolute Gasteiger partial charge is 0.243 e. The van der Waals surface area contributed by atoms with E-state index in [9.17, 15) is 9.59 Å². The highest BCUT2D eigenvalue weighted by molar-refractivity contribution is 7.71. The van der Waals surface area contributed by atoms with E-state index in [0.717, 1.165) is 29.1 Å². The predicted molar refractivity (Wildman–Crippen MR) is 115 cm³/mol. The van der Waals surface area contributed by atoms with E-state index in [1.54, 1.807) is 27.7 Å². The number of rotatable bonds is 6. The van der Waals surface area contributed by atoms with Crippen molar-refractivity contribution in [3.63, 3.8) is 0 Å². The van der Waals surface area contributed by atoms with E-state index in [-0.39, 0.29) is 11.8 Å². The Bertz CT molecular complexity index is 1090. The fourth-order valence-corrected chi connectivity index (χ4v) is 4.45. The molecule has 0 aliphatic carbocycles. The second kappa shape index (κ2) is 8.30. The highest BCUT2D eigenvalue weighted by Crippen LogP contribution is 2.26. The Kier molecular flexibility index (Phi) is 5.59. The lowest BCUT2D eigenvalue weighted by Gasteiger charge is -2.18. The Morgan fingerprint density at radius 1 is 1.38 bits per heavy atom. The van der Waals surface area contributed by atoms with Crippen LogP contribution in [0.4, 0.5) is 5.69 Å². The Morgan fingerprint density at radius 3 is 2.97 bits per heavy atom. The average Bonchev–Trinajstić information content (AvgIpc) is 3.46. The first-order valence-electron chi connectivity index (χ1n) is 9.42. The molecule has 1 aromatic carbocycles. The van der Waals surface area contributed by atoms with E-state index >= 15 is 0 Å². The third-order valence-electron chi connectivity index (χ3n) is 4.98. The molecule has 1 aliphatic rings. The maximum atomic E-state index is 12.8. The second-order valence-corrected chi connectivity index (χ2v) is 8.25. The third-order valence-corrected chi connectivity index (χ3v) is 6.13. The molecule has 150 valence electrons. The van der Waals surface area contributed by atoms with Gasteiger partial charge in [0.05, 0.1) is 4.88 Å². The lowest BCUT2D eigenvalue weighted by Crippen LogP contribution is -2.31. The molecule has 1 aliphatic heterocycles. The number of amides is 2. The van der Waals surface area contributed by atoms with Gasteiger partial charge in [0.1, 0.15) is 6.04 Å². The van der Waals surface area contributed by atoms with E-state index in [0.29, 0.717) is 23.6 Å². The zero-order chi connectivity index (χ0) is 20.4. The van der Waals surface area contributed by atoms with Gasteiger partial charge in [0.2, 0.25) is 11.8 Å². The molecule has 0 spiro atoms. The number of hydrogen-bond acceptors (Lipinski definition) is 5. The van der Waals surface area contributed by atoms with Gasteiger partial charge in [-0.25, -0.2) is 0 Å². The molecular formula is C20H21N5O2S2. The first-order chi connectivity index (χ1) is 14.0. The third kappa shape index (κ3) is 4.01. The summed E-state index contributed by atoms with van der Waals surface area (Å²) in [6.07, 6.45) is 1.48. The van der Waals surface area contributed by atoms with Crippen molar-refractivity contribution in [2.24, 2.45) is 0 Å². The minimum absolute atomic E-state index is 0.148. The lowest BCUT2D eigenvalue weighted by atomic mass is 10.2. The molecule has 9 heteroatoms. The van der Waals surface area contributed by atoms with Crippen LogP contribution in [0.5, 0.6) is 0 Å². The first kappa shape index (κ1) is 19.5. The predicted octanol–water partition coefficient (Wildman–Crippen LogP) is 3.67. The Balaban J connectivity index is 1.46. The Morgan fingerprint density at radius 2 is 2.24 bits per heavy atom. The van der Waals surface area contributed by atoms with E-state index in [1.165, 1.54) is 0 Å². The zero-order valence-electron chi connectivity index (χ0n) is 15.9. The zero-order valence-corrected chi connectivity index (χ0v) is 17.6. The summed E-state index contributed by atoms with van der Waals surface area (Å²) in [7, 11) is 0. The summed E-state index contributed by atoms with van der Waals surface area (Å²) in [6, 6.07) is 11.1. The molecule has 3 heterocycles. The van der Waals surface area contributed by atoms with Crippen molar-refractivity contribution in [3.05, 3.63) is 52.1 Å². The summed E-state index contributed by atoms with van der Waals surface area (Å²) < 4.78 is 2.14. The van der Waals surface area contributed by atoms with E-state index in [1.807, 2.05) is 41.8 Å². The minimum Gasteiger partial charge on any atom is -0.350 e. The van der Waals surface area contributed by atoms with Crippen LogP contribution in [0.15, 0.2) is 41.8 Å². The van der Waals surface area contributed by atoms with Gasteiger partial charge in [-0.1, -0.05) is 18.2 Å². The quantitative estimate of drug-likeness (QED) is 0.588. The maximum Gasteiger partial charge on any atom is 0.243 e. The fraction of sp³-hybridized carbons (Fsp3) is 0.300. The molecule has 2 amide bonds. The number of H-pyrrole nitrogens is 1. The molecule has 7 nitrogen and oxygen atoms in total. The lowest BCUT2D eigenvalue weighted by molar-refractivity contribution is -0.124. The monoisotopic (exact) mass is 427 g/mol. The summed E-state index contributed by atoms with van der Waals surface area (Å²) in [4.78, 5) is 27.5. The van der Waals surface area contributed by atoms with Crippen molar-refractivity contribution < 1.29 is 9.59 Å². The molecule has 0 radical (unpaired) electrons. The molecule has 4 rings (SSSR count). The summed E-state index contributed by atoms with van der Waals surface area (Å²) in [5, 5.41) is 12.0. The van der Waals surface area contributed by atoms with Gasteiger partial charge in [-0.3, -0.25) is 19.3 Å². The van der Waals surface area contributed by atoms with Crippen LogP contribution in [-0.4, -0.2) is 33.1 Å². The molecule has 1 atom stereocenters. The van der Waals surface area contributed by atoms with Crippen LogP contribution in [0.2, 0.25) is 0 Å². The molecule has 0 saturated carbocycles. The number of carbonyl (C=O) groups excluding carboxylic acids is 2. The van der Waals surface area contributed by atoms with Gasteiger partial charge in [-0.2, -0.15) is 5.10 Å². The highest BCUT2D eigenvalue weighted by Gasteiger charge is 2.23.